The van der Waals surface area contributed by atoms with Gasteiger partial charge in [0.2, 0.25) is 11.7 Å². The van der Waals surface area contributed by atoms with Crippen LogP contribution in [-0.4, -0.2) is 33.5 Å². The molecule has 2 aromatic rings. The lowest BCUT2D eigenvalue weighted by Gasteiger charge is -2.28. The summed E-state index contributed by atoms with van der Waals surface area (Å²) in [5, 5.41) is 8.40. The molecule has 2 aromatic heterocycles. The zero-order valence-electron chi connectivity index (χ0n) is 15.2. The summed E-state index contributed by atoms with van der Waals surface area (Å²) < 4.78 is 28.4. The van der Waals surface area contributed by atoms with Gasteiger partial charge in [-0.15, -0.1) is 0 Å². The number of allylic oxidation sites excluding steroid dienone is 4. The van der Waals surface area contributed by atoms with E-state index in [0.29, 0.717) is 5.69 Å². The highest BCUT2D eigenvalue weighted by Crippen LogP contribution is 2.33. The van der Waals surface area contributed by atoms with Crippen LogP contribution in [0.5, 0.6) is 0 Å². The average Bonchev–Trinajstić information content (AvgIpc) is 3.03. The number of aromatic nitrogens is 2. The second-order valence-electron chi connectivity index (χ2n) is 6.66. The Hall–Kier alpha value is -2.83. The number of carbonyl (C=O) groups excluding carboxylic acids is 1. The van der Waals surface area contributed by atoms with Crippen LogP contribution in [0.1, 0.15) is 48.9 Å². The molecule has 27 heavy (non-hydrogen) atoms. The highest BCUT2D eigenvalue weighted by atomic mass is 19.3. The minimum atomic E-state index is -2.63. The second kappa shape index (κ2) is 7.82. The van der Waals surface area contributed by atoms with Crippen molar-refractivity contribution in [1.82, 2.24) is 14.7 Å². The third kappa shape index (κ3) is 4.13. The number of nitrogens with two attached hydrogens (primary N) is 1. The molecule has 0 saturated heterocycles. The zero-order chi connectivity index (χ0) is 19.4. The minimum absolute atomic E-state index is 0.202. The van der Waals surface area contributed by atoms with E-state index in [2.05, 4.69) is 10.3 Å². The number of rotatable bonds is 5. The molecule has 1 aliphatic rings. The van der Waals surface area contributed by atoms with Gasteiger partial charge in [0.15, 0.2) is 6.21 Å². The lowest BCUT2D eigenvalue weighted by molar-refractivity contribution is -0.104. The Bertz CT molecular complexity index is 904. The number of fused-ring (bicyclic) bond motifs is 1. The van der Waals surface area contributed by atoms with Crippen molar-refractivity contribution < 1.29 is 19.0 Å². The summed E-state index contributed by atoms with van der Waals surface area (Å²) in [6.07, 6.45) is 8.76. The summed E-state index contributed by atoms with van der Waals surface area (Å²) in [4.78, 5) is 17.3. The molecule has 1 saturated carbocycles. The van der Waals surface area contributed by atoms with Crippen LogP contribution in [0.3, 0.4) is 0 Å². The van der Waals surface area contributed by atoms with Gasteiger partial charge in [-0.1, -0.05) is 18.2 Å². The van der Waals surface area contributed by atoms with Crippen LogP contribution in [0.25, 0.3) is 11.1 Å². The Morgan fingerprint density at radius 1 is 1.37 bits per heavy atom. The topological polar surface area (TPSA) is 72.0 Å². The summed E-state index contributed by atoms with van der Waals surface area (Å²) >= 11 is 0. The quantitative estimate of drug-likeness (QED) is 0.624. The number of alkyl halides is 2. The smallest absolute Gasteiger partial charge is 0.287 e. The van der Waals surface area contributed by atoms with Gasteiger partial charge in [0.05, 0.1) is 11.2 Å². The summed E-state index contributed by atoms with van der Waals surface area (Å²) in [5.41, 5.74) is 2.18. The van der Waals surface area contributed by atoms with Crippen LogP contribution < -0.4 is 10.7 Å². The van der Waals surface area contributed by atoms with E-state index in [-0.39, 0.29) is 43.5 Å². The Labute approximate surface area is 156 Å². The zero-order valence-corrected chi connectivity index (χ0v) is 15.2. The van der Waals surface area contributed by atoms with E-state index in [1.807, 2.05) is 37.3 Å². The van der Waals surface area contributed by atoms with Crippen molar-refractivity contribution in [2.75, 3.05) is 0 Å². The van der Waals surface area contributed by atoms with Crippen LogP contribution in [0.4, 0.5) is 8.78 Å². The fourth-order valence-corrected chi connectivity index (χ4v) is 3.34. The van der Waals surface area contributed by atoms with Crippen molar-refractivity contribution in [1.29, 1.82) is 0 Å². The average molecular weight is 373 g/mol. The maximum atomic E-state index is 13.3. The Balaban J connectivity index is 1.92. The molecule has 0 bridgehead atoms. The fraction of sp³-hybridized carbons (Fsp3) is 0.350. The molecule has 1 amide bonds. The first-order valence-electron chi connectivity index (χ1n) is 8.99. The molecule has 0 aromatic carbocycles. The van der Waals surface area contributed by atoms with Gasteiger partial charge in [0.1, 0.15) is 0 Å². The molecular formula is C20H23F2N4O+. The lowest BCUT2D eigenvalue weighted by atomic mass is 9.92. The van der Waals surface area contributed by atoms with E-state index in [1.165, 1.54) is 6.21 Å². The van der Waals surface area contributed by atoms with Gasteiger partial charge >= 0.3 is 0 Å². The molecule has 7 heteroatoms. The van der Waals surface area contributed by atoms with Gasteiger partial charge < -0.3 is 5.32 Å². The lowest BCUT2D eigenvalue weighted by Crippen LogP contribution is -2.40. The summed E-state index contributed by atoms with van der Waals surface area (Å²) in [6.45, 7) is 1.88. The van der Waals surface area contributed by atoms with Crippen molar-refractivity contribution >= 4 is 23.2 Å². The summed E-state index contributed by atoms with van der Waals surface area (Å²) in [6, 6.07) is 5.28. The third-order valence-corrected chi connectivity index (χ3v) is 4.70. The first kappa shape index (κ1) is 18.9. The minimum Gasteiger partial charge on any atom is -0.347 e. The van der Waals surface area contributed by atoms with Crippen molar-refractivity contribution in [2.45, 2.75) is 44.6 Å². The van der Waals surface area contributed by atoms with E-state index in [9.17, 15) is 13.6 Å². The number of pyridine rings is 1. The Morgan fingerprint density at radius 2 is 2.11 bits per heavy atom. The van der Waals surface area contributed by atoms with E-state index < -0.39 is 5.92 Å². The van der Waals surface area contributed by atoms with Crippen molar-refractivity contribution in [3.8, 4) is 0 Å². The molecule has 142 valence electrons. The first-order chi connectivity index (χ1) is 12.9. The van der Waals surface area contributed by atoms with E-state index in [1.54, 1.807) is 16.7 Å². The van der Waals surface area contributed by atoms with Crippen LogP contribution in [0.2, 0.25) is 0 Å². The first-order valence-corrected chi connectivity index (χ1v) is 8.99. The molecule has 3 rings (SSSR count). The van der Waals surface area contributed by atoms with Crippen LogP contribution >= 0.6 is 0 Å². The number of amides is 1. The number of nitrogens with one attached hydrogen (secondary N) is 1. The molecule has 1 aliphatic carbocycles. The van der Waals surface area contributed by atoms with E-state index in [4.69, 9.17) is 5.41 Å². The standard InChI is InChI=1S/C20H22F2N4O/c1-2-5-14(9-12-23)17-16-6-3-4-13-26(16)18(25-17)19(27)24-15-7-10-20(21,22)11-8-15/h2-6,9,12-13,15,23H,7-8,10-11H2,1H3,(H,24,27)/p+1/b5-2-,14-9+,23-12?. The highest BCUT2D eigenvalue weighted by molar-refractivity contribution is 5.96. The Kier molecular flexibility index (Phi) is 5.48. The highest BCUT2D eigenvalue weighted by Gasteiger charge is 2.35. The molecule has 0 aliphatic heterocycles. The van der Waals surface area contributed by atoms with Crippen molar-refractivity contribution in [3.05, 3.63) is 54.1 Å². The molecule has 3 N–H and O–H groups in total. The van der Waals surface area contributed by atoms with E-state index in [0.717, 1.165) is 11.1 Å². The number of halogens is 2. The molecule has 0 atom stereocenters. The molecule has 0 spiro atoms. The van der Waals surface area contributed by atoms with E-state index >= 15 is 0 Å². The number of nitrogens with zero attached hydrogens (tertiary/aromatic N) is 2. The monoisotopic (exact) mass is 373 g/mol. The number of hydrogen-bond acceptors (Lipinski definition) is 2. The Morgan fingerprint density at radius 3 is 2.78 bits per heavy atom. The largest absolute Gasteiger partial charge is 0.347 e. The predicted octanol–water partition coefficient (Wildman–Crippen LogP) is 2.43. The SMILES string of the molecule is C/C=C\C(=C/C=[NH2+])c1nc(C(=O)NC2CCC(F)(F)CC2)n2ccccc12. The number of hydrogen-bond donors (Lipinski definition) is 2. The van der Waals surface area contributed by atoms with Gasteiger partial charge in [-0.25, -0.2) is 13.8 Å². The van der Waals surface area contributed by atoms with Crippen LogP contribution in [0.15, 0.2) is 42.6 Å². The second-order valence-corrected chi connectivity index (χ2v) is 6.66. The molecule has 1 fully saturated rings. The van der Waals surface area contributed by atoms with Crippen LogP contribution in [0, 0.1) is 0 Å². The molecule has 0 unspecified atom stereocenters. The fourth-order valence-electron chi connectivity index (χ4n) is 3.34. The predicted molar refractivity (Wildman–Crippen MR) is 101 cm³/mol. The number of carbonyl (C=O) groups is 1. The maximum absolute atomic E-state index is 13.3. The van der Waals surface area contributed by atoms with Crippen molar-refractivity contribution in [2.24, 2.45) is 0 Å². The van der Waals surface area contributed by atoms with Crippen molar-refractivity contribution in [3.63, 3.8) is 0 Å². The number of imidazole rings is 1. The molecule has 2 heterocycles. The van der Waals surface area contributed by atoms with Gasteiger partial charge in [-0.3, -0.25) is 14.6 Å². The van der Waals surface area contributed by atoms with Gasteiger partial charge in [0.25, 0.3) is 5.91 Å². The molecule has 5 nitrogen and oxygen atoms in total. The summed E-state index contributed by atoms with van der Waals surface area (Å²) in [5.74, 6) is -2.76. The molecular weight excluding hydrogens is 350 g/mol. The van der Waals surface area contributed by atoms with Gasteiger partial charge in [-0.05, 0) is 31.9 Å². The maximum Gasteiger partial charge on any atom is 0.287 e. The van der Waals surface area contributed by atoms with Crippen LogP contribution in [-0.2, 0) is 0 Å². The third-order valence-electron chi connectivity index (χ3n) is 4.70. The molecule has 0 radical (unpaired) electrons. The van der Waals surface area contributed by atoms with Gasteiger partial charge in [-0.2, -0.15) is 0 Å². The normalized spacial score (nSPS) is 18.1. The summed E-state index contributed by atoms with van der Waals surface area (Å²) in [7, 11) is 0. The van der Waals surface area contributed by atoms with Gasteiger partial charge in [0, 0.05) is 36.7 Å².